The average Bonchev–Trinajstić information content (AvgIpc) is 3.10. The van der Waals surface area contributed by atoms with Crippen LogP contribution in [-0.4, -0.2) is 26.8 Å². The first kappa shape index (κ1) is 20.2. The van der Waals surface area contributed by atoms with Crippen molar-refractivity contribution in [3.05, 3.63) is 34.2 Å². The molecule has 1 aromatic heterocycles. The fraction of sp³-hybridized carbons (Fsp3) is 0.692. The van der Waals surface area contributed by atoms with Crippen molar-refractivity contribution in [2.75, 3.05) is 0 Å². The fourth-order valence-corrected chi connectivity index (χ4v) is 7.61. The summed E-state index contributed by atoms with van der Waals surface area (Å²) in [7, 11) is 1.97. The minimum atomic E-state index is -0.215. The molecule has 4 nitrogen and oxygen atoms in total. The highest BCUT2D eigenvalue weighted by atomic mass is 16.3. The van der Waals surface area contributed by atoms with Gasteiger partial charge < -0.3 is 5.11 Å². The van der Waals surface area contributed by atoms with Gasteiger partial charge in [0.15, 0.2) is 5.78 Å². The summed E-state index contributed by atoms with van der Waals surface area (Å²) in [5, 5.41) is 14.8. The zero-order chi connectivity index (χ0) is 21.4. The van der Waals surface area contributed by atoms with E-state index in [9.17, 15) is 9.90 Å². The zero-order valence-electron chi connectivity index (χ0n) is 19.2. The first-order valence-corrected chi connectivity index (χ1v) is 11.8. The molecule has 3 fully saturated rings. The number of aliphatic hydroxyl groups is 1. The summed E-state index contributed by atoms with van der Waals surface area (Å²) < 4.78 is 1.91. The molecule has 4 aliphatic rings. The van der Waals surface area contributed by atoms with Crippen LogP contribution in [0.25, 0.3) is 6.08 Å². The molecule has 0 bridgehead atoms. The van der Waals surface area contributed by atoms with E-state index in [1.54, 1.807) is 0 Å². The molecular formula is C26H36N2O2. The van der Waals surface area contributed by atoms with Crippen molar-refractivity contribution in [2.24, 2.45) is 35.6 Å². The van der Waals surface area contributed by atoms with Crippen LogP contribution in [0.1, 0.15) is 75.7 Å². The Balaban J connectivity index is 1.50. The maximum atomic E-state index is 13.6. The Labute approximate surface area is 180 Å². The number of hydrogen-bond acceptors (Lipinski definition) is 3. The van der Waals surface area contributed by atoms with Crippen molar-refractivity contribution < 1.29 is 9.90 Å². The van der Waals surface area contributed by atoms with Crippen LogP contribution < -0.4 is 0 Å². The quantitative estimate of drug-likeness (QED) is 0.530. The smallest absolute Gasteiger partial charge is 0.165 e. The molecule has 0 spiro atoms. The highest BCUT2D eigenvalue weighted by Crippen LogP contribution is 2.64. The van der Waals surface area contributed by atoms with Crippen molar-refractivity contribution in [3.63, 3.8) is 0 Å². The van der Waals surface area contributed by atoms with Gasteiger partial charge in [-0.1, -0.05) is 25.5 Å². The Morgan fingerprint density at radius 3 is 2.57 bits per heavy atom. The van der Waals surface area contributed by atoms with Crippen LogP contribution >= 0.6 is 0 Å². The second kappa shape index (κ2) is 6.66. The van der Waals surface area contributed by atoms with Crippen molar-refractivity contribution in [1.29, 1.82) is 0 Å². The lowest BCUT2D eigenvalue weighted by Gasteiger charge is -2.56. The van der Waals surface area contributed by atoms with Crippen LogP contribution in [0.15, 0.2) is 17.2 Å². The summed E-state index contributed by atoms with van der Waals surface area (Å²) in [6, 6.07) is 0. The van der Waals surface area contributed by atoms with E-state index in [4.69, 9.17) is 0 Å². The number of rotatable bonds is 1. The summed E-state index contributed by atoms with van der Waals surface area (Å²) in [4.78, 5) is 13.6. The number of Topliss-reactive ketones (excluding diaryl/α,β-unsaturated/α-hetero) is 1. The van der Waals surface area contributed by atoms with E-state index < -0.39 is 0 Å². The van der Waals surface area contributed by atoms with E-state index in [0.29, 0.717) is 23.5 Å². The Hall–Kier alpha value is -1.68. The monoisotopic (exact) mass is 408 g/mol. The van der Waals surface area contributed by atoms with Crippen molar-refractivity contribution >= 4 is 11.9 Å². The Morgan fingerprint density at radius 2 is 1.87 bits per heavy atom. The summed E-state index contributed by atoms with van der Waals surface area (Å²) in [6.07, 6.45) is 11.4. The van der Waals surface area contributed by atoms with E-state index in [0.717, 1.165) is 67.5 Å². The molecule has 162 valence electrons. The average molecular weight is 409 g/mol. The third kappa shape index (κ3) is 2.68. The third-order valence-corrected chi connectivity index (χ3v) is 9.60. The molecule has 0 aliphatic heterocycles. The lowest BCUT2D eigenvalue weighted by atomic mass is 9.48. The Morgan fingerprint density at radius 1 is 1.13 bits per heavy atom. The van der Waals surface area contributed by atoms with Crippen LogP contribution in [0, 0.1) is 42.4 Å². The van der Waals surface area contributed by atoms with Crippen LogP contribution in [0.4, 0.5) is 0 Å². The summed E-state index contributed by atoms with van der Waals surface area (Å²) in [5.41, 5.74) is 5.77. The predicted octanol–water partition coefficient (Wildman–Crippen LogP) is 4.92. The summed E-state index contributed by atoms with van der Waals surface area (Å²) in [5.74, 6) is 2.05. The number of aliphatic hydroxyl groups excluding tert-OH is 1. The summed E-state index contributed by atoms with van der Waals surface area (Å²) >= 11 is 0. The van der Waals surface area contributed by atoms with Crippen LogP contribution in [0.3, 0.4) is 0 Å². The van der Waals surface area contributed by atoms with Gasteiger partial charge in [0.25, 0.3) is 0 Å². The van der Waals surface area contributed by atoms with Crippen LogP contribution in [-0.2, 0) is 11.8 Å². The number of hydrogen-bond donors (Lipinski definition) is 1. The second-order valence-corrected chi connectivity index (χ2v) is 11.0. The number of carbonyl (C=O) groups is 1. The topological polar surface area (TPSA) is 55.1 Å². The fourth-order valence-electron chi connectivity index (χ4n) is 7.61. The molecule has 0 radical (unpaired) electrons. The number of allylic oxidation sites excluding steroid dienone is 2. The van der Waals surface area contributed by atoms with Crippen LogP contribution in [0.2, 0.25) is 0 Å². The molecule has 6 atom stereocenters. The number of nitrogens with zero attached hydrogens (tertiary/aromatic N) is 2. The largest absolute Gasteiger partial charge is 0.393 e. The minimum Gasteiger partial charge on any atom is -0.393 e. The molecule has 5 rings (SSSR count). The SMILES string of the molecule is Cc1nn(C)c(C)c1/C=C1/C[C@H]2[C@@H]3CC=C4C[C@H](O)CC[C@]4(C)[C@H]3CC[C@]2(C)C1=O. The van der Waals surface area contributed by atoms with Crippen molar-refractivity contribution in [1.82, 2.24) is 9.78 Å². The van der Waals surface area contributed by atoms with E-state index >= 15 is 0 Å². The van der Waals surface area contributed by atoms with Gasteiger partial charge in [-0.3, -0.25) is 9.48 Å². The molecule has 3 saturated carbocycles. The number of carbonyl (C=O) groups excluding carboxylic acids is 1. The predicted molar refractivity (Wildman–Crippen MR) is 119 cm³/mol. The van der Waals surface area contributed by atoms with E-state index in [2.05, 4.69) is 38.0 Å². The molecule has 30 heavy (non-hydrogen) atoms. The first-order valence-electron chi connectivity index (χ1n) is 11.8. The minimum absolute atomic E-state index is 0.164. The number of ketones is 1. The van der Waals surface area contributed by atoms with Gasteiger partial charge in [0, 0.05) is 23.7 Å². The van der Waals surface area contributed by atoms with Crippen molar-refractivity contribution in [3.8, 4) is 0 Å². The highest BCUT2D eigenvalue weighted by Gasteiger charge is 2.59. The zero-order valence-corrected chi connectivity index (χ0v) is 19.2. The summed E-state index contributed by atoms with van der Waals surface area (Å²) in [6.45, 7) is 8.81. The molecule has 0 aromatic carbocycles. The number of aromatic nitrogens is 2. The molecular weight excluding hydrogens is 372 g/mol. The maximum absolute atomic E-state index is 13.6. The first-order chi connectivity index (χ1) is 14.1. The van der Waals surface area contributed by atoms with E-state index in [1.807, 2.05) is 18.7 Å². The van der Waals surface area contributed by atoms with Gasteiger partial charge in [-0.2, -0.15) is 5.10 Å². The molecule has 4 heteroatoms. The van der Waals surface area contributed by atoms with E-state index in [1.165, 1.54) is 5.57 Å². The second-order valence-electron chi connectivity index (χ2n) is 11.0. The Kier molecular flexibility index (Phi) is 4.49. The molecule has 0 saturated heterocycles. The van der Waals surface area contributed by atoms with Gasteiger partial charge in [-0.15, -0.1) is 0 Å². The number of fused-ring (bicyclic) bond motifs is 5. The molecule has 0 amide bonds. The molecule has 1 N–H and O–H groups in total. The standard InChI is InChI=1S/C26H36N2O2/c1-15-21(16(2)28(5)27-15)12-17-13-23-20-7-6-18-14-19(29)8-10-25(18,3)22(20)9-11-26(23,4)24(17)30/h6,12,19-20,22-23,29H,7-11,13-14H2,1-5H3/b17-12-/t19-,20-,22+,23+,25+,26+/m1/s1. The van der Waals surface area contributed by atoms with E-state index in [-0.39, 0.29) is 16.9 Å². The normalized spacial score (nSPS) is 42.0. The Bertz CT molecular complexity index is 970. The van der Waals surface area contributed by atoms with Gasteiger partial charge in [-0.05, 0) is 93.6 Å². The maximum Gasteiger partial charge on any atom is 0.165 e. The van der Waals surface area contributed by atoms with Gasteiger partial charge in [0.1, 0.15) is 0 Å². The molecule has 1 heterocycles. The molecule has 0 unspecified atom stereocenters. The number of aryl methyl sites for hydroxylation is 2. The lowest BCUT2D eigenvalue weighted by molar-refractivity contribution is -0.130. The van der Waals surface area contributed by atoms with Gasteiger partial charge in [-0.25, -0.2) is 0 Å². The third-order valence-electron chi connectivity index (χ3n) is 9.60. The molecule has 1 aromatic rings. The van der Waals surface area contributed by atoms with Gasteiger partial charge in [0.05, 0.1) is 11.8 Å². The highest BCUT2D eigenvalue weighted by molar-refractivity contribution is 6.06. The molecule has 4 aliphatic carbocycles. The lowest BCUT2D eigenvalue weighted by Crippen LogP contribution is -2.50. The van der Waals surface area contributed by atoms with Crippen LogP contribution in [0.5, 0.6) is 0 Å². The van der Waals surface area contributed by atoms with Crippen molar-refractivity contribution in [2.45, 2.75) is 78.7 Å². The van der Waals surface area contributed by atoms with Gasteiger partial charge in [0.2, 0.25) is 0 Å². The van der Waals surface area contributed by atoms with Gasteiger partial charge >= 0.3 is 0 Å².